The molecule has 3 N–H and O–H groups in total. The van der Waals surface area contributed by atoms with Crippen LogP contribution in [0.3, 0.4) is 0 Å². The lowest BCUT2D eigenvalue weighted by Crippen LogP contribution is -2.29. The molecule has 8 nitrogen and oxygen atoms in total. The summed E-state index contributed by atoms with van der Waals surface area (Å²) in [6, 6.07) is 24.4. The molecule has 0 saturated carbocycles. The number of sulfone groups is 1. The zero-order chi connectivity index (χ0) is 25.4. The summed E-state index contributed by atoms with van der Waals surface area (Å²) in [5.41, 5.74) is 7.77. The molecular formula is C27H19N3O5S. The van der Waals surface area contributed by atoms with Gasteiger partial charge in [0, 0.05) is 11.4 Å². The molecule has 0 spiro atoms. The second kappa shape index (κ2) is 8.79. The van der Waals surface area contributed by atoms with Crippen LogP contribution in [0.1, 0.15) is 31.1 Å². The van der Waals surface area contributed by atoms with Gasteiger partial charge in [-0.1, -0.05) is 24.3 Å². The van der Waals surface area contributed by atoms with Crippen LogP contribution in [0.5, 0.6) is 0 Å². The fourth-order valence-electron chi connectivity index (χ4n) is 3.95. The number of rotatable bonds is 5. The third kappa shape index (κ3) is 3.91. The molecule has 0 aliphatic carbocycles. The molecule has 0 aromatic heterocycles. The van der Waals surface area contributed by atoms with E-state index in [0.717, 1.165) is 4.90 Å². The van der Waals surface area contributed by atoms with Crippen LogP contribution in [0.2, 0.25) is 0 Å². The number of benzene rings is 4. The molecule has 0 atom stereocenters. The number of nitrogens with zero attached hydrogens (tertiary/aromatic N) is 1. The van der Waals surface area contributed by atoms with Gasteiger partial charge in [0.25, 0.3) is 17.7 Å². The lowest BCUT2D eigenvalue weighted by Gasteiger charge is -2.14. The van der Waals surface area contributed by atoms with Crippen LogP contribution in [-0.4, -0.2) is 26.1 Å². The Morgan fingerprint density at radius 1 is 0.694 bits per heavy atom. The Labute approximate surface area is 206 Å². The van der Waals surface area contributed by atoms with Crippen molar-refractivity contribution in [1.29, 1.82) is 0 Å². The Morgan fingerprint density at radius 3 is 1.75 bits per heavy atom. The Hall–Kier alpha value is -4.76. The van der Waals surface area contributed by atoms with Gasteiger partial charge < -0.3 is 11.1 Å². The summed E-state index contributed by atoms with van der Waals surface area (Å²) in [4.78, 5) is 38.8. The molecule has 0 radical (unpaired) electrons. The highest BCUT2D eigenvalue weighted by Crippen LogP contribution is 2.30. The van der Waals surface area contributed by atoms with Gasteiger partial charge in [-0.05, 0) is 72.8 Å². The highest BCUT2D eigenvalue weighted by atomic mass is 32.2. The number of carbonyl (C=O) groups is 3. The quantitative estimate of drug-likeness (QED) is 0.315. The summed E-state index contributed by atoms with van der Waals surface area (Å²) in [5.74, 6) is -1.32. The molecule has 0 unspecified atom stereocenters. The van der Waals surface area contributed by atoms with Gasteiger partial charge in [-0.3, -0.25) is 14.4 Å². The number of fused-ring (bicyclic) bond motifs is 1. The van der Waals surface area contributed by atoms with E-state index in [1.165, 1.54) is 48.5 Å². The van der Waals surface area contributed by atoms with Crippen molar-refractivity contribution in [3.05, 3.63) is 114 Å². The molecule has 0 fully saturated rings. The van der Waals surface area contributed by atoms with Crippen molar-refractivity contribution >= 4 is 44.6 Å². The van der Waals surface area contributed by atoms with Gasteiger partial charge in [0.15, 0.2) is 0 Å². The zero-order valence-corrected chi connectivity index (χ0v) is 19.5. The molecule has 3 amide bonds. The molecule has 9 heteroatoms. The largest absolute Gasteiger partial charge is 0.398 e. The van der Waals surface area contributed by atoms with Gasteiger partial charge in [-0.15, -0.1) is 0 Å². The van der Waals surface area contributed by atoms with E-state index in [0.29, 0.717) is 28.1 Å². The highest BCUT2D eigenvalue weighted by molar-refractivity contribution is 7.91. The minimum Gasteiger partial charge on any atom is -0.398 e. The zero-order valence-electron chi connectivity index (χ0n) is 18.7. The number of hydrogen-bond acceptors (Lipinski definition) is 6. The minimum atomic E-state index is -3.89. The number of nitrogen functional groups attached to an aromatic ring is 1. The maximum atomic E-state index is 13.1. The van der Waals surface area contributed by atoms with E-state index in [2.05, 4.69) is 5.32 Å². The van der Waals surface area contributed by atoms with E-state index in [-0.39, 0.29) is 15.5 Å². The third-order valence-electron chi connectivity index (χ3n) is 5.83. The normalized spacial score (nSPS) is 12.9. The van der Waals surface area contributed by atoms with Crippen LogP contribution in [-0.2, 0) is 9.84 Å². The SMILES string of the molecule is Nc1ccccc1C(=O)Nc1ccc(S(=O)(=O)c2ccc(N3C(=O)c4ccccc4C3=O)cc2)cc1. The Morgan fingerprint density at radius 2 is 1.19 bits per heavy atom. The number of anilines is 3. The first-order valence-corrected chi connectivity index (χ1v) is 12.3. The van der Waals surface area contributed by atoms with Crippen LogP contribution in [0.25, 0.3) is 0 Å². The molecule has 1 heterocycles. The molecule has 0 bridgehead atoms. The van der Waals surface area contributed by atoms with Crippen LogP contribution < -0.4 is 16.0 Å². The van der Waals surface area contributed by atoms with Gasteiger partial charge in [0.1, 0.15) is 0 Å². The van der Waals surface area contributed by atoms with E-state index in [4.69, 9.17) is 5.73 Å². The number of para-hydroxylation sites is 1. The van der Waals surface area contributed by atoms with Crippen LogP contribution >= 0.6 is 0 Å². The summed E-state index contributed by atoms with van der Waals surface area (Å²) in [6.45, 7) is 0. The summed E-state index contributed by atoms with van der Waals surface area (Å²) >= 11 is 0. The predicted molar refractivity (Wildman–Crippen MR) is 135 cm³/mol. The number of imide groups is 1. The first-order chi connectivity index (χ1) is 17.3. The smallest absolute Gasteiger partial charge is 0.266 e. The number of hydrogen-bond donors (Lipinski definition) is 2. The monoisotopic (exact) mass is 497 g/mol. The Balaban J connectivity index is 1.34. The highest BCUT2D eigenvalue weighted by Gasteiger charge is 2.36. The van der Waals surface area contributed by atoms with Gasteiger partial charge in [-0.25, -0.2) is 13.3 Å². The summed E-state index contributed by atoms with van der Waals surface area (Å²) in [7, 11) is -3.89. The standard InChI is InChI=1S/C27H19N3O5S/c28-24-8-4-3-7-23(24)25(31)29-17-9-13-19(14-10-17)36(34,35)20-15-11-18(12-16-20)30-26(32)21-5-1-2-6-22(21)27(30)33/h1-16H,28H2,(H,29,31). The topological polar surface area (TPSA) is 127 Å². The maximum absolute atomic E-state index is 13.1. The summed E-state index contributed by atoms with van der Waals surface area (Å²) in [6.07, 6.45) is 0. The molecule has 4 aromatic carbocycles. The molecular weight excluding hydrogens is 478 g/mol. The first-order valence-electron chi connectivity index (χ1n) is 10.9. The van der Waals surface area contributed by atoms with Crippen LogP contribution in [0.15, 0.2) is 107 Å². The van der Waals surface area contributed by atoms with Crippen LogP contribution in [0.4, 0.5) is 17.1 Å². The Bertz CT molecular complexity index is 1590. The second-order valence-electron chi connectivity index (χ2n) is 8.05. The van der Waals surface area contributed by atoms with Crippen molar-refractivity contribution in [3.8, 4) is 0 Å². The van der Waals surface area contributed by atoms with Crippen molar-refractivity contribution in [2.24, 2.45) is 0 Å². The number of carbonyl (C=O) groups excluding carboxylic acids is 3. The van der Waals surface area contributed by atoms with E-state index < -0.39 is 27.6 Å². The first kappa shape index (κ1) is 23.0. The van der Waals surface area contributed by atoms with Crippen LogP contribution in [0, 0.1) is 0 Å². The van der Waals surface area contributed by atoms with E-state index in [9.17, 15) is 22.8 Å². The van der Waals surface area contributed by atoms with Crippen molar-refractivity contribution < 1.29 is 22.8 Å². The maximum Gasteiger partial charge on any atom is 0.266 e. The average molecular weight is 498 g/mol. The lowest BCUT2D eigenvalue weighted by atomic mass is 10.1. The molecule has 178 valence electrons. The van der Waals surface area contributed by atoms with Gasteiger partial charge in [-0.2, -0.15) is 0 Å². The fraction of sp³-hybridized carbons (Fsp3) is 0. The predicted octanol–water partition coefficient (Wildman–Crippen LogP) is 4.15. The number of nitrogens with one attached hydrogen (secondary N) is 1. The van der Waals surface area contributed by atoms with Gasteiger partial charge >= 0.3 is 0 Å². The fourth-order valence-corrected chi connectivity index (χ4v) is 5.21. The second-order valence-corrected chi connectivity index (χ2v) is 10.0. The summed E-state index contributed by atoms with van der Waals surface area (Å²) < 4.78 is 26.2. The summed E-state index contributed by atoms with van der Waals surface area (Å²) in [5, 5.41) is 2.69. The third-order valence-corrected chi connectivity index (χ3v) is 7.61. The molecule has 36 heavy (non-hydrogen) atoms. The van der Waals surface area contributed by atoms with Gasteiger partial charge in [0.05, 0.1) is 32.2 Å². The number of amides is 3. The molecule has 1 aliphatic heterocycles. The molecule has 0 saturated heterocycles. The average Bonchev–Trinajstić information content (AvgIpc) is 3.14. The minimum absolute atomic E-state index is 0.00305. The van der Waals surface area contributed by atoms with Crippen molar-refractivity contribution in [2.75, 3.05) is 16.0 Å². The lowest BCUT2D eigenvalue weighted by molar-refractivity contribution is 0.0925. The van der Waals surface area contributed by atoms with E-state index in [1.54, 1.807) is 48.5 Å². The van der Waals surface area contributed by atoms with E-state index in [1.807, 2.05) is 0 Å². The van der Waals surface area contributed by atoms with Crippen molar-refractivity contribution in [2.45, 2.75) is 9.79 Å². The number of nitrogens with two attached hydrogens (primary N) is 1. The molecule has 1 aliphatic rings. The van der Waals surface area contributed by atoms with E-state index >= 15 is 0 Å². The Kier molecular flexibility index (Phi) is 5.62. The van der Waals surface area contributed by atoms with Crippen molar-refractivity contribution in [1.82, 2.24) is 0 Å². The van der Waals surface area contributed by atoms with Crippen molar-refractivity contribution in [3.63, 3.8) is 0 Å². The van der Waals surface area contributed by atoms with Gasteiger partial charge in [0.2, 0.25) is 9.84 Å². The molecule has 4 aromatic rings. The molecule has 5 rings (SSSR count).